The monoisotopic (exact) mass is 494 g/mol. The van der Waals surface area contributed by atoms with Crippen molar-refractivity contribution in [2.45, 2.75) is 32.9 Å². The van der Waals surface area contributed by atoms with Gasteiger partial charge in [-0.15, -0.1) is 0 Å². The Morgan fingerprint density at radius 1 is 0.750 bits per heavy atom. The minimum absolute atomic E-state index is 0.0334. The molecule has 0 spiro atoms. The van der Waals surface area contributed by atoms with E-state index in [0.717, 1.165) is 6.07 Å². The predicted molar refractivity (Wildman–Crippen MR) is 120 cm³/mol. The maximum absolute atomic E-state index is 12.9. The normalized spacial score (nSPS) is 12.6. The van der Waals surface area contributed by atoms with Crippen LogP contribution in [0.5, 0.6) is 0 Å². The molecule has 0 unspecified atom stereocenters. The molecule has 3 rings (SSSR count). The van der Waals surface area contributed by atoms with Crippen LogP contribution in [0.1, 0.15) is 11.1 Å². The van der Waals surface area contributed by atoms with Gasteiger partial charge in [-0.3, -0.25) is 0 Å². The van der Waals surface area contributed by atoms with Crippen LogP contribution in [-0.2, 0) is 36.3 Å². The second kappa shape index (κ2) is 9.12. The summed E-state index contributed by atoms with van der Waals surface area (Å²) in [5.41, 5.74) is 1.11. The molecule has 0 aromatic heterocycles. The second-order valence-electron chi connectivity index (χ2n) is 7.08. The van der Waals surface area contributed by atoms with Gasteiger partial charge in [0.15, 0.2) is 0 Å². The molecule has 11 heteroatoms. The van der Waals surface area contributed by atoms with Crippen LogP contribution in [-0.4, -0.2) is 31.8 Å². The molecular weight excluding hydrogens is 472 g/mol. The Morgan fingerprint density at radius 2 is 1.34 bits per heavy atom. The first-order valence-corrected chi connectivity index (χ1v) is 13.9. The van der Waals surface area contributed by atoms with Gasteiger partial charge in [0.2, 0.25) is 29.9 Å². The van der Waals surface area contributed by atoms with Gasteiger partial charge < -0.3 is 0 Å². The van der Waals surface area contributed by atoms with E-state index in [4.69, 9.17) is 5.14 Å². The van der Waals surface area contributed by atoms with E-state index in [-0.39, 0.29) is 26.1 Å². The SMILES string of the molecule is Cc1ccc(S(=O)(=O)c2ccccc2)cc1S(=O)(=O)NCCc1ccc(S(N)(=O)=O)cc1. The van der Waals surface area contributed by atoms with Gasteiger partial charge in [0, 0.05) is 6.54 Å². The van der Waals surface area contributed by atoms with Gasteiger partial charge >= 0.3 is 0 Å². The molecule has 0 heterocycles. The lowest BCUT2D eigenvalue weighted by atomic mass is 10.2. The Labute approximate surface area is 188 Å². The van der Waals surface area contributed by atoms with Gasteiger partial charge in [0.25, 0.3) is 0 Å². The van der Waals surface area contributed by atoms with Gasteiger partial charge in [0.05, 0.1) is 19.6 Å². The second-order valence-corrected chi connectivity index (χ2v) is 12.3. The van der Waals surface area contributed by atoms with E-state index in [1.165, 1.54) is 36.4 Å². The average Bonchev–Trinajstić information content (AvgIpc) is 2.74. The summed E-state index contributed by atoms with van der Waals surface area (Å²) in [6.07, 6.45) is 0.297. The number of nitrogens with one attached hydrogen (secondary N) is 1. The first-order chi connectivity index (χ1) is 14.9. The maximum Gasteiger partial charge on any atom is 0.240 e. The van der Waals surface area contributed by atoms with Crippen molar-refractivity contribution in [1.82, 2.24) is 4.72 Å². The first-order valence-electron chi connectivity index (χ1n) is 9.43. The van der Waals surface area contributed by atoms with Crippen LogP contribution in [0.25, 0.3) is 0 Å². The fraction of sp³-hybridized carbons (Fsp3) is 0.143. The highest BCUT2D eigenvalue weighted by atomic mass is 32.2. The molecule has 32 heavy (non-hydrogen) atoms. The molecule has 0 aliphatic heterocycles. The number of benzene rings is 3. The Morgan fingerprint density at radius 3 is 1.94 bits per heavy atom. The van der Waals surface area contributed by atoms with Crippen LogP contribution in [0.4, 0.5) is 0 Å². The summed E-state index contributed by atoms with van der Waals surface area (Å²) in [4.78, 5) is -0.204. The molecule has 3 N–H and O–H groups in total. The molecular formula is C21H22N2O6S3. The third-order valence-corrected chi connectivity index (χ3v) is 9.07. The number of aryl methyl sites for hydroxylation is 1. The smallest absolute Gasteiger partial charge is 0.225 e. The molecule has 0 saturated carbocycles. The fourth-order valence-corrected chi connectivity index (χ4v) is 6.22. The Kier molecular flexibility index (Phi) is 6.86. The van der Waals surface area contributed by atoms with Gasteiger partial charge in [0.1, 0.15) is 0 Å². The third-order valence-electron chi connectivity index (χ3n) is 4.77. The molecule has 3 aromatic rings. The highest BCUT2D eigenvalue weighted by Gasteiger charge is 2.23. The van der Waals surface area contributed by atoms with Crippen LogP contribution in [0.3, 0.4) is 0 Å². The molecule has 0 aliphatic carbocycles. The zero-order chi connectivity index (χ0) is 23.6. The van der Waals surface area contributed by atoms with Crippen molar-refractivity contribution < 1.29 is 25.3 Å². The lowest BCUT2D eigenvalue weighted by Gasteiger charge is -2.12. The van der Waals surface area contributed by atoms with E-state index >= 15 is 0 Å². The molecule has 0 amide bonds. The van der Waals surface area contributed by atoms with E-state index < -0.39 is 29.9 Å². The van der Waals surface area contributed by atoms with Crippen LogP contribution >= 0.6 is 0 Å². The highest BCUT2D eigenvalue weighted by molar-refractivity contribution is 7.91. The molecule has 0 radical (unpaired) electrons. The molecule has 170 valence electrons. The first kappa shape index (κ1) is 24.1. The lowest BCUT2D eigenvalue weighted by molar-refractivity contribution is 0.580. The van der Waals surface area contributed by atoms with Crippen LogP contribution in [0.15, 0.2) is 92.4 Å². The number of sulfone groups is 1. The van der Waals surface area contributed by atoms with Crippen molar-refractivity contribution in [2.75, 3.05) is 6.54 Å². The molecule has 0 saturated heterocycles. The molecule has 0 bridgehead atoms. The van der Waals surface area contributed by atoms with Crippen molar-refractivity contribution in [1.29, 1.82) is 0 Å². The van der Waals surface area contributed by atoms with Crippen molar-refractivity contribution in [3.05, 3.63) is 83.9 Å². The van der Waals surface area contributed by atoms with Crippen LogP contribution in [0.2, 0.25) is 0 Å². The van der Waals surface area contributed by atoms with Crippen molar-refractivity contribution in [3.63, 3.8) is 0 Å². The van der Waals surface area contributed by atoms with Crippen molar-refractivity contribution >= 4 is 29.9 Å². The van der Waals surface area contributed by atoms with E-state index in [1.807, 2.05) is 0 Å². The number of rotatable bonds is 8. The number of hydrogen-bond acceptors (Lipinski definition) is 6. The minimum Gasteiger partial charge on any atom is -0.225 e. The average molecular weight is 495 g/mol. The summed E-state index contributed by atoms with van der Waals surface area (Å²) >= 11 is 0. The molecule has 8 nitrogen and oxygen atoms in total. The number of sulfonamides is 2. The Hall–Kier alpha value is -2.57. The van der Waals surface area contributed by atoms with Gasteiger partial charge in [-0.05, 0) is 60.9 Å². The lowest BCUT2D eigenvalue weighted by Crippen LogP contribution is -2.27. The van der Waals surface area contributed by atoms with Crippen LogP contribution < -0.4 is 9.86 Å². The van der Waals surface area contributed by atoms with Gasteiger partial charge in [-0.25, -0.2) is 35.1 Å². The largest absolute Gasteiger partial charge is 0.240 e. The maximum atomic E-state index is 12.9. The number of primary sulfonamides is 1. The van der Waals surface area contributed by atoms with E-state index in [9.17, 15) is 25.3 Å². The summed E-state index contributed by atoms with van der Waals surface area (Å²) < 4.78 is 76.5. The van der Waals surface area contributed by atoms with Crippen molar-refractivity contribution in [3.8, 4) is 0 Å². The van der Waals surface area contributed by atoms with Gasteiger partial charge in [-0.2, -0.15) is 0 Å². The Bertz CT molecular complexity index is 1430. The summed E-state index contributed by atoms with van der Waals surface area (Å²) in [5, 5.41) is 5.06. The molecule has 3 aromatic carbocycles. The standard InChI is InChI=1S/C21H22N2O6S3/c1-16-7-10-20(30(24,25)18-5-3-2-4-6-18)15-21(16)32(28,29)23-14-13-17-8-11-19(12-9-17)31(22,26)27/h2-12,15,23H,13-14H2,1H3,(H2,22,26,27). The zero-order valence-corrected chi connectivity index (χ0v) is 19.5. The number of hydrogen-bond donors (Lipinski definition) is 2. The quantitative estimate of drug-likeness (QED) is 0.491. The highest BCUT2D eigenvalue weighted by Crippen LogP contribution is 2.25. The van der Waals surface area contributed by atoms with E-state index in [0.29, 0.717) is 17.5 Å². The summed E-state index contributed by atoms with van der Waals surface area (Å²) in [5.74, 6) is 0. The summed E-state index contributed by atoms with van der Waals surface area (Å²) in [6.45, 7) is 1.62. The zero-order valence-electron chi connectivity index (χ0n) is 17.1. The molecule has 0 atom stereocenters. The van der Waals surface area contributed by atoms with Crippen molar-refractivity contribution in [2.24, 2.45) is 5.14 Å². The fourth-order valence-electron chi connectivity index (χ4n) is 3.03. The molecule has 0 aliphatic rings. The van der Waals surface area contributed by atoms with Crippen LogP contribution in [0, 0.1) is 6.92 Å². The summed E-state index contributed by atoms with van der Waals surface area (Å²) in [6, 6.07) is 17.6. The minimum atomic E-state index is -3.99. The number of nitrogens with two attached hydrogens (primary N) is 1. The summed E-state index contributed by atoms with van der Waals surface area (Å²) in [7, 11) is -11.7. The van der Waals surface area contributed by atoms with Gasteiger partial charge in [-0.1, -0.05) is 36.4 Å². The Balaban J connectivity index is 1.79. The van der Waals surface area contributed by atoms with E-state index in [2.05, 4.69) is 4.72 Å². The third kappa shape index (κ3) is 5.43. The topological polar surface area (TPSA) is 140 Å². The molecule has 0 fully saturated rings. The predicted octanol–water partition coefficient (Wildman–Crippen LogP) is 2.00. The van der Waals surface area contributed by atoms with E-state index in [1.54, 1.807) is 37.3 Å².